The van der Waals surface area contributed by atoms with Gasteiger partial charge in [-0.05, 0) is 11.6 Å². The Hall–Kier alpha value is 0.0400. The average molecular weight is 149 g/mol. The molecule has 0 aliphatic rings. The van der Waals surface area contributed by atoms with Gasteiger partial charge in [-0.2, -0.15) is 4.39 Å². The van der Waals surface area contributed by atoms with Crippen LogP contribution in [0.1, 0.15) is 0 Å². The predicted molar refractivity (Wildman–Crippen MR) is 22.7 cm³/mol. The van der Waals surface area contributed by atoms with E-state index in [0.717, 1.165) is 7.11 Å². The maximum absolute atomic E-state index is 11.7. The molecule has 50 valence electrons. The molecule has 0 fully saturated rings. The largest absolute Gasteiger partial charge is 0.347 e. The van der Waals surface area contributed by atoms with E-state index in [9.17, 15) is 13.2 Å². The van der Waals surface area contributed by atoms with Crippen LogP contribution in [0, 0.1) is 0 Å². The molecule has 0 saturated carbocycles. The Morgan fingerprint density at radius 1 is 1.62 bits per heavy atom. The van der Waals surface area contributed by atoms with Crippen molar-refractivity contribution in [3.05, 3.63) is 0 Å². The average Bonchev–Trinajstić information content (AvgIpc) is 1.67. The second-order valence-corrected chi connectivity index (χ2v) is 1.58. The number of halogens is 4. The molecule has 0 N–H and O–H groups in total. The molecular formula is C3H4ClF3O. The first-order valence-corrected chi connectivity index (χ1v) is 2.09. The SMILES string of the molecule is COC(F)(Cl)C(F)F. The highest BCUT2D eigenvalue weighted by atomic mass is 35.5. The van der Waals surface area contributed by atoms with Crippen LogP contribution in [-0.2, 0) is 4.74 Å². The Labute approximate surface area is 49.4 Å². The first-order chi connectivity index (χ1) is 3.50. The molecule has 0 bridgehead atoms. The van der Waals surface area contributed by atoms with Gasteiger partial charge in [-0.15, -0.1) is 0 Å². The molecule has 0 spiro atoms. The van der Waals surface area contributed by atoms with Gasteiger partial charge in [0.25, 0.3) is 0 Å². The lowest BCUT2D eigenvalue weighted by Gasteiger charge is -2.12. The van der Waals surface area contributed by atoms with Crippen LogP contribution in [0.5, 0.6) is 0 Å². The van der Waals surface area contributed by atoms with E-state index in [0.29, 0.717) is 0 Å². The first kappa shape index (κ1) is 8.04. The van der Waals surface area contributed by atoms with Crippen molar-refractivity contribution in [2.75, 3.05) is 7.11 Å². The second kappa shape index (κ2) is 2.55. The highest BCUT2D eigenvalue weighted by Crippen LogP contribution is 2.25. The minimum atomic E-state index is -3.32. The molecule has 0 aromatic carbocycles. The summed E-state index contributed by atoms with van der Waals surface area (Å²) in [7, 11) is 0.763. The molecule has 1 atom stereocenters. The fourth-order valence-corrected chi connectivity index (χ4v) is 0.0891. The summed E-state index contributed by atoms with van der Waals surface area (Å²) in [5.41, 5.74) is 0. The van der Waals surface area contributed by atoms with E-state index in [1.54, 1.807) is 0 Å². The Kier molecular flexibility index (Phi) is 2.56. The number of ether oxygens (including phenoxy) is 1. The molecule has 1 nitrogen and oxygen atoms in total. The first-order valence-electron chi connectivity index (χ1n) is 1.72. The zero-order valence-corrected chi connectivity index (χ0v) is 4.75. The molecular weight excluding hydrogens is 144 g/mol. The standard InChI is InChI=1S/C3H4ClF3O/c1-8-3(4,7)2(5)6/h2H,1H3. The summed E-state index contributed by atoms with van der Waals surface area (Å²) in [5.74, 6) is 0. The van der Waals surface area contributed by atoms with Crippen LogP contribution in [0.4, 0.5) is 13.2 Å². The summed E-state index contributed by atoms with van der Waals surface area (Å²) in [6.07, 6.45) is -3.31. The van der Waals surface area contributed by atoms with Gasteiger partial charge in [0, 0.05) is 7.11 Å². The van der Waals surface area contributed by atoms with Gasteiger partial charge in [0.2, 0.25) is 0 Å². The minimum absolute atomic E-state index is 0.763. The van der Waals surface area contributed by atoms with Gasteiger partial charge in [-0.1, -0.05) is 0 Å². The third-order valence-electron chi connectivity index (χ3n) is 0.526. The molecule has 0 amide bonds. The zero-order chi connectivity index (χ0) is 6.78. The quantitative estimate of drug-likeness (QED) is 0.543. The summed E-state index contributed by atoms with van der Waals surface area (Å²) in [6, 6.07) is 0. The van der Waals surface area contributed by atoms with Crippen LogP contribution >= 0.6 is 11.6 Å². The topological polar surface area (TPSA) is 9.23 Å². The van der Waals surface area contributed by atoms with Crippen LogP contribution < -0.4 is 0 Å². The summed E-state index contributed by atoms with van der Waals surface area (Å²) >= 11 is 4.42. The lowest BCUT2D eigenvalue weighted by atomic mass is 10.7. The van der Waals surface area contributed by atoms with Crippen molar-refractivity contribution < 1.29 is 17.9 Å². The molecule has 0 saturated heterocycles. The summed E-state index contributed by atoms with van der Waals surface area (Å²) in [6.45, 7) is 0. The van der Waals surface area contributed by atoms with Crippen molar-refractivity contribution in [3.8, 4) is 0 Å². The molecule has 0 aliphatic carbocycles. The summed E-state index contributed by atoms with van der Waals surface area (Å²) in [5, 5.41) is -3.32. The maximum atomic E-state index is 11.7. The molecule has 5 heteroatoms. The van der Waals surface area contributed by atoms with Crippen LogP contribution in [0.25, 0.3) is 0 Å². The second-order valence-electron chi connectivity index (χ2n) is 1.07. The van der Waals surface area contributed by atoms with Gasteiger partial charge >= 0.3 is 11.7 Å². The molecule has 0 aromatic rings. The smallest absolute Gasteiger partial charge is 0.333 e. The Balaban J connectivity index is 3.71. The minimum Gasteiger partial charge on any atom is -0.333 e. The maximum Gasteiger partial charge on any atom is 0.347 e. The Morgan fingerprint density at radius 2 is 2.00 bits per heavy atom. The Morgan fingerprint density at radius 3 is 2.00 bits per heavy atom. The number of hydrogen-bond donors (Lipinski definition) is 0. The van der Waals surface area contributed by atoms with Crippen LogP contribution in [0.2, 0.25) is 0 Å². The molecule has 0 rings (SSSR count). The van der Waals surface area contributed by atoms with E-state index < -0.39 is 11.7 Å². The highest BCUT2D eigenvalue weighted by Gasteiger charge is 2.37. The molecule has 0 heterocycles. The van der Waals surface area contributed by atoms with Gasteiger partial charge in [0.1, 0.15) is 0 Å². The van der Waals surface area contributed by atoms with E-state index in [2.05, 4.69) is 16.3 Å². The van der Waals surface area contributed by atoms with E-state index in [1.807, 2.05) is 0 Å². The normalized spacial score (nSPS) is 18.8. The number of rotatable bonds is 2. The lowest BCUT2D eigenvalue weighted by molar-refractivity contribution is -0.144. The number of methoxy groups -OCH3 is 1. The lowest BCUT2D eigenvalue weighted by Crippen LogP contribution is -2.26. The fourth-order valence-electron chi connectivity index (χ4n) is 0.0891. The fraction of sp³-hybridized carbons (Fsp3) is 1.00. The predicted octanol–water partition coefficient (Wildman–Crippen LogP) is 1.76. The number of alkyl halides is 4. The van der Waals surface area contributed by atoms with Crippen LogP contribution in [0.3, 0.4) is 0 Å². The van der Waals surface area contributed by atoms with Gasteiger partial charge in [0.05, 0.1) is 0 Å². The van der Waals surface area contributed by atoms with Crippen molar-refractivity contribution in [2.24, 2.45) is 0 Å². The van der Waals surface area contributed by atoms with Crippen molar-refractivity contribution >= 4 is 11.6 Å². The molecule has 0 radical (unpaired) electrons. The summed E-state index contributed by atoms with van der Waals surface area (Å²) in [4.78, 5) is 0. The monoisotopic (exact) mass is 148 g/mol. The van der Waals surface area contributed by atoms with Crippen molar-refractivity contribution in [2.45, 2.75) is 11.7 Å². The van der Waals surface area contributed by atoms with E-state index in [1.165, 1.54) is 0 Å². The molecule has 1 unspecified atom stereocenters. The molecule has 0 aromatic heterocycles. The van der Waals surface area contributed by atoms with Crippen LogP contribution in [-0.4, -0.2) is 18.8 Å². The third kappa shape index (κ3) is 1.88. The van der Waals surface area contributed by atoms with Gasteiger partial charge < -0.3 is 4.74 Å². The Bertz CT molecular complexity index is 74.9. The zero-order valence-electron chi connectivity index (χ0n) is 4.00. The highest BCUT2D eigenvalue weighted by molar-refractivity contribution is 6.22. The van der Waals surface area contributed by atoms with Gasteiger partial charge in [-0.25, -0.2) is 8.78 Å². The van der Waals surface area contributed by atoms with Crippen molar-refractivity contribution in [1.82, 2.24) is 0 Å². The summed E-state index contributed by atoms with van der Waals surface area (Å²) < 4.78 is 37.6. The van der Waals surface area contributed by atoms with Crippen LogP contribution in [0.15, 0.2) is 0 Å². The van der Waals surface area contributed by atoms with Crippen molar-refractivity contribution in [1.29, 1.82) is 0 Å². The van der Waals surface area contributed by atoms with Gasteiger partial charge in [0.15, 0.2) is 0 Å². The third-order valence-corrected chi connectivity index (χ3v) is 0.845. The van der Waals surface area contributed by atoms with E-state index in [4.69, 9.17) is 0 Å². The van der Waals surface area contributed by atoms with Gasteiger partial charge in [-0.3, -0.25) is 0 Å². The van der Waals surface area contributed by atoms with E-state index >= 15 is 0 Å². The molecule has 0 aliphatic heterocycles. The van der Waals surface area contributed by atoms with E-state index in [-0.39, 0.29) is 0 Å². The molecule has 8 heavy (non-hydrogen) atoms. The van der Waals surface area contributed by atoms with Crippen molar-refractivity contribution in [3.63, 3.8) is 0 Å². The number of hydrogen-bond acceptors (Lipinski definition) is 1.